The third kappa shape index (κ3) is 8.36. The highest BCUT2D eigenvalue weighted by molar-refractivity contribution is 6.33. The van der Waals surface area contributed by atoms with E-state index >= 15 is 0 Å². The van der Waals surface area contributed by atoms with Gasteiger partial charge in [-0.3, -0.25) is 9.59 Å². The molecule has 1 saturated heterocycles. The molecule has 1 aromatic heterocycles. The average Bonchev–Trinajstić information content (AvgIpc) is 3.62. The number of likely N-dealkylation sites (tertiary alicyclic amines) is 1. The van der Waals surface area contributed by atoms with E-state index in [1.54, 1.807) is 32.0 Å². The lowest BCUT2D eigenvalue weighted by molar-refractivity contribution is -0.177. The Balaban J connectivity index is 1.29. The molecule has 1 N–H and O–H groups in total. The van der Waals surface area contributed by atoms with Crippen molar-refractivity contribution in [2.24, 2.45) is 11.3 Å². The molecule has 60 heavy (non-hydrogen) atoms. The molecule has 1 aliphatic rings. The van der Waals surface area contributed by atoms with Crippen LogP contribution in [0.1, 0.15) is 75.6 Å². The summed E-state index contributed by atoms with van der Waals surface area (Å²) in [5.41, 5.74) is 3.75. The summed E-state index contributed by atoms with van der Waals surface area (Å²) < 4.78 is 13.0. The first kappa shape index (κ1) is 41.7. The lowest BCUT2D eigenvalue weighted by Crippen LogP contribution is -2.45. The summed E-state index contributed by atoms with van der Waals surface area (Å²) in [5, 5.41) is 19.3. The van der Waals surface area contributed by atoms with E-state index in [0.717, 1.165) is 34.2 Å². The first-order valence-electron chi connectivity index (χ1n) is 20.3. The third-order valence-corrected chi connectivity index (χ3v) is 11.6. The minimum atomic E-state index is -1.10. The number of nitrogens with one attached hydrogen (secondary N) is 1. The van der Waals surface area contributed by atoms with Crippen molar-refractivity contribution in [3.05, 3.63) is 155 Å². The number of ether oxygens (including phenoxy) is 2. The fourth-order valence-corrected chi connectivity index (χ4v) is 8.43. The first-order chi connectivity index (χ1) is 29.0. The van der Waals surface area contributed by atoms with E-state index in [0.29, 0.717) is 53.2 Å². The summed E-state index contributed by atoms with van der Waals surface area (Å²) in [6.45, 7) is 7.62. The summed E-state index contributed by atoms with van der Waals surface area (Å²) in [5.74, 6) is -1.00. The number of fused-ring (bicyclic) bond motifs is 1. The molecule has 0 saturated carbocycles. The largest absolute Gasteiger partial charge is 0.425 e. The van der Waals surface area contributed by atoms with Gasteiger partial charge in [0.1, 0.15) is 5.54 Å². The van der Waals surface area contributed by atoms with Crippen molar-refractivity contribution in [2.45, 2.75) is 65.2 Å². The molecule has 0 radical (unpaired) electrons. The van der Waals surface area contributed by atoms with Crippen LogP contribution in [0.15, 0.2) is 127 Å². The summed E-state index contributed by atoms with van der Waals surface area (Å²) in [7, 11) is 0. The van der Waals surface area contributed by atoms with Crippen LogP contribution in [0.25, 0.3) is 22.0 Å². The van der Waals surface area contributed by atoms with Gasteiger partial charge in [-0.15, -0.1) is 0 Å². The number of amides is 2. The maximum absolute atomic E-state index is 14.4. The van der Waals surface area contributed by atoms with Gasteiger partial charge in [-0.05, 0) is 85.7 Å². The first-order valence-corrected chi connectivity index (χ1v) is 20.7. The highest BCUT2D eigenvalue weighted by Crippen LogP contribution is 2.44. The zero-order chi connectivity index (χ0) is 42.4. The molecular formula is C49H48ClN5O5. The summed E-state index contributed by atoms with van der Waals surface area (Å²) in [4.78, 5) is 42.0. The number of esters is 1. The second-order valence-corrected chi connectivity index (χ2v) is 16.3. The van der Waals surface area contributed by atoms with E-state index in [4.69, 9.17) is 26.2 Å². The van der Waals surface area contributed by atoms with E-state index in [1.807, 2.05) is 84.4 Å². The van der Waals surface area contributed by atoms with Crippen molar-refractivity contribution < 1.29 is 23.9 Å². The smallest absolute Gasteiger partial charge is 0.412 e. The number of benzene rings is 5. The number of piperidine rings is 1. The normalized spacial score (nSPS) is 14.9. The number of rotatable bonds is 12. The van der Waals surface area contributed by atoms with Gasteiger partial charge in [0.15, 0.2) is 5.82 Å². The van der Waals surface area contributed by atoms with Gasteiger partial charge in [0.2, 0.25) is 12.2 Å². The summed E-state index contributed by atoms with van der Waals surface area (Å²) in [6.07, 6.45) is 0.795. The number of aromatic nitrogens is 2. The molecule has 2 atom stereocenters. The van der Waals surface area contributed by atoms with Crippen molar-refractivity contribution in [3.63, 3.8) is 0 Å². The van der Waals surface area contributed by atoms with Crippen LogP contribution in [0, 0.1) is 22.7 Å². The Morgan fingerprint density at radius 3 is 2.08 bits per heavy atom. The van der Waals surface area contributed by atoms with Gasteiger partial charge in [0, 0.05) is 36.0 Å². The SMILES string of the molecule is CCCC(C)(C)C(=O)OC(C)OC(=O)N1CCC[C@@H](C(=O)Nc2nn(C(c3ccccc3)(c3ccccc3)c3ccccc3)c3ccc(-c4cc(C#N)ccc4Cl)cc23)C1. The minimum absolute atomic E-state index is 0.106. The Kier molecular flexibility index (Phi) is 12.4. The molecule has 1 fully saturated rings. The van der Waals surface area contributed by atoms with E-state index in [9.17, 15) is 19.6 Å². The molecule has 0 aliphatic carbocycles. The fraction of sp³-hybridized carbons (Fsp3) is 0.286. The van der Waals surface area contributed by atoms with Crippen molar-refractivity contribution in [2.75, 3.05) is 18.4 Å². The fourth-order valence-electron chi connectivity index (χ4n) is 8.21. The molecule has 2 heterocycles. The molecule has 5 aromatic carbocycles. The molecule has 306 valence electrons. The Morgan fingerprint density at radius 2 is 1.50 bits per heavy atom. The van der Waals surface area contributed by atoms with Gasteiger partial charge in [-0.2, -0.15) is 10.4 Å². The molecule has 1 aliphatic heterocycles. The zero-order valence-corrected chi connectivity index (χ0v) is 35.0. The Labute approximate surface area is 355 Å². The van der Waals surface area contributed by atoms with E-state index in [-0.39, 0.29) is 12.5 Å². The standard InChI is InChI=1S/C49H48ClN5O5/c1-5-27-48(3,4)46(57)59-33(2)60-47(58)54-28-15-16-36(32-54)45(56)52-44-41-30-35(40-29-34(31-51)23-25-42(40)50)24-26-43(41)55(53-44)49(37-17-9-6-10-18-37,38-19-11-7-12-20-38)39-21-13-8-14-22-39/h6-14,17-26,29-30,33,36H,5,15-16,27-28,32H2,1-4H3,(H,52,53,56)/t33?,36-/m1/s1. The lowest BCUT2D eigenvalue weighted by Gasteiger charge is -2.37. The number of hydrogen-bond acceptors (Lipinski definition) is 7. The van der Waals surface area contributed by atoms with E-state index < -0.39 is 35.2 Å². The van der Waals surface area contributed by atoms with Crippen LogP contribution in [0.4, 0.5) is 10.6 Å². The second-order valence-electron chi connectivity index (χ2n) is 15.9. The maximum Gasteiger partial charge on any atom is 0.412 e. The Bertz CT molecular complexity index is 2440. The number of carbonyl (C=O) groups excluding carboxylic acids is 3. The molecule has 6 aromatic rings. The number of carbonyl (C=O) groups is 3. The average molecular weight is 822 g/mol. The zero-order valence-electron chi connectivity index (χ0n) is 34.2. The predicted molar refractivity (Wildman–Crippen MR) is 233 cm³/mol. The molecule has 0 bridgehead atoms. The molecular weight excluding hydrogens is 774 g/mol. The van der Waals surface area contributed by atoms with Crippen molar-refractivity contribution in [1.82, 2.24) is 14.7 Å². The lowest BCUT2D eigenvalue weighted by atomic mass is 9.77. The number of nitriles is 1. The van der Waals surface area contributed by atoms with Gasteiger partial charge < -0.3 is 19.7 Å². The van der Waals surface area contributed by atoms with Crippen molar-refractivity contribution in [1.29, 1.82) is 5.26 Å². The Hall–Kier alpha value is -6.44. The number of anilines is 1. The quantitative estimate of drug-likeness (QED) is 0.0740. The van der Waals surface area contributed by atoms with Gasteiger partial charge in [0.05, 0.1) is 28.5 Å². The number of halogens is 1. The summed E-state index contributed by atoms with van der Waals surface area (Å²) >= 11 is 6.74. The van der Waals surface area contributed by atoms with Crippen LogP contribution in [-0.4, -0.2) is 52.0 Å². The highest BCUT2D eigenvalue weighted by Gasteiger charge is 2.41. The summed E-state index contributed by atoms with van der Waals surface area (Å²) in [6, 6.07) is 43.6. The number of hydrogen-bond donors (Lipinski definition) is 1. The van der Waals surface area contributed by atoms with Crippen LogP contribution in [0.2, 0.25) is 5.02 Å². The maximum atomic E-state index is 14.4. The van der Waals surface area contributed by atoms with E-state index in [1.165, 1.54) is 11.8 Å². The molecule has 2 amide bonds. The molecule has 7 rings (SSSR count). The molecule has 0 spiro atoms. The highest BCUT2D eigenvalue weighted by atomic mass is 35.5. The predicted octanol–water partition coefficient (Wildman–Crippen LogP) is 10.6. The third-order valence-electron chi connectivity index (χ3n) is 11.2. The van der Waals surface area contributed by atoms with Gasteiger partial charge in [-0.25, -0.2) is 9.48 Å². The van der Waals surface area contributed by atoms with Gasteiger partial charge in [0.25, 0.3) is 0 Å². The monoisotopic (exact) mass is 821 g/mol. The van der Waals surface area contributed by atoms with Crippen LogP contribution in [0.5, 0.6) is 0 Å². The Morgan fingerprint density at radius 1 is 0.883 bits per heavy atom. The van der Waals surface area contributed by atoms with Crippen molar-refractivity contribution >= 4 is 46.3 Å². The van der Waals surface area contributed by atoms with E-state index in [2.05, 4.69) is 47.8 Å². The topological polar surface area (TPSA) is 127 Å². The molecule has 10 nitrogen and oxygen atoms in total. The molecule has 11 heteroatoms. The molecule has 1 unspecified atom stereocenters. The van der Waals surface area contributed by atoms with Crippen LogP contribution < -0.4 is 5.32 Å². The van der Waals surface area contributed by atoms with Gasteiger partial charge in [-0.1, -0.05) is 122 Å². The van der Waals surface area contributed by atoms with Crippen LogP contribution in [-0.2, 0) is 24.6 Å². The number of nitrogens with zero attached hydrogens (tertiary/aromatic N) is 4. The van der Waals surface area contributed by atoms with Crippen molar-refractivity contribution in [3.8, 4) is 17.2 Å². The van der Waals surface area contributed by atoms with Gasteiger partial charge >= 0.3 is 12.1 Å². The second kappa shape index (κ2) is 17.8. The van der Waals surface area contributed by atoms with Crippen LogP contribution >= 0.6 is 11.6 Å². The van der Waals surface area contributed by atoms with Crippen LogP contribution in [0.3, 0.4) is 0 Å². The minimum Gasteiger partial charge on any atom is -0.425 e.